The molecule has 0 spiro atoms. The van der Waals surface area contributed by atoms with Crippen LogP contribution in [0.3, 0.4) is 0 Å². The van der Waals surface area contributed by atoms with Gasteiger partial charge in [-0.2, -0.15) is 21.6 Å². The lowest BCUT2D eigenvalue weighted by molar-refractivity contribution is -0.122. The normalized spacial score (nSPS) is 24.5. The molecule has 8 heteroatoms. The van der Waals surface area contributed by atoms with Gasteiger partial charge in [-0.3, -0.25) is 4.79 Å². The van der Waals surface area contributed by atoms with Gasteiger partial charge in [-0.1, -0.05) is 36.4 Å². The van der Waals surface area contributed by atoms with Crippen LogP contribution in [0.15, 0.2) is 48.5 Å². The van der Waals surface area contributed by atoms with Crippen molar-refractivity contribution in [1.82, 2.24) is 0 Å². The molecule has 2 aromatic carbocycles. The maximum absolute atomic E-state index is 12.7. The van der Waals surface area contributed by atoms with E-state index in [-0.39, 0.29) is 17.5 Å². The van der Waals surface area contributed by atoms with Crippen LogP contribution < -0.4 is 4.18 Å². The Labute approximate surface area is 173 Å². The van der Waals surface area contributed by atoms with Crippen LogP contribution in [0.2, 0.25) is 0 Å². The first-order valence-corrected chi connectivity index (χ1v) is 11.3. The van der Waals surface area contributed by atoms with Gasteiger partial charge in [-0.15, -0.1) is 0 Å². The lowest BCUT2D eigenvalue weighted by atomic mass is 9.58. The number of aryl methyl sites for hydroxylation is 1. The summed E-state index contributed by atoms with van der Waals surface area (Å²) in [7, 11) is -5.73. The maximum Gasteiger partial charge on any atom is 0.534 e. The molecule has 160 valence electrons. The van der Waals surface area contributed by atoms with Crippen molar-refractivity contribution in [3.63, 3.8) is 0 Å². The topological polar surface area (TPSA) is 60.4 Å². The van der Waals surface area contributed by atoms with E-state index in [0.717, 1.165) is 29.5 Å². The zero-order valence-corrected chi connectivity index (χ0v) is 16.9. The summed E-state index contributed by atoms with van der Waals surface area (Å²) in [6.45, 7) is 0. The molecule has 0 aliphatic heterocycles. The zero-order chi connectivity index (χ0) is 21.6. The quantitative estimate of drug-likeness (QED) is 0.505. The van der Waals surface area contributed by atoms with Gasteiger partial charge in [0.05, 0.1) is 0 Å². The number of rotatable bonds is 3. The average molecular weight is 438 g/mol. The molecule has 0 radical (unpaired) electrons. The monoisotopic (exact) mass is 438 g/mol. The highest BCUT2D eigenvalue weighted by Crippen LogP contribution is 2.52. The van der Waals surface area contributed by atoms with E-state index in [4.69, 9.17) is 0 Å². The minimum atomic E-state index is -5.73. The van der Waals surface area contributed by atoms with Gasteiger partial charge in [0.2, 0.25) is 0 Å². The number of alkyl halides is 3. The smallest absolute Gasteiger partial charge is 0.376 e. The van der Waals surface area contributed by atoms with Crippen LogP contribution in [-0.2, 0) is 26.7 Å². The Bertz CT molecular complexity index is 1060. The number of halogens is 3. The van der Waals surface area contributed by atoms with Gasteiger partial charge < -0.3 is 4.18 Å². The highest BCUT2D eigenvalue weighted by atomic mass is 32.2. The number of hydrogen-bond donors (Lipinski definition) is 0. The lowest BCUT2D eigenvalue weighted by Crippen LogP contribution is -2.41. The number of hydrogen-bond acceptors (Lipinski definition) is 4. The number of ketones is 1. The molecule has 0 bridgehead atoms. The second-order valence-electron chi connectivity index (χ2n) is 7.97. The molecule has 30 heavy (non-hydrogen) atoms. The summed E-state index contributed by atoms with van der Waals surface area (Å²) < 4.78 is 65.4. The largest absolute Gasteiger partial charge is 0.534 e. The Morgan fingerprint density at radius 2 is 1.77 bits per heavy atom. The number of benzene rings is 2. The Morgan fingerprint density at radius 1 is 1.03 bits per heavy atom. The van der Waals surface area contributed by atoms with E-state index in [0.29, 0.717) is 25.7 Å². The van der Waals surface area contributed by atoms with Crippen LogP contribution in [0.25, 0.3) is 0 Å². The molecule has 2 aliphatic carbocycles. The van der Waals surface area contributed by atoms with Crippen molar-refractivity contribution >= 4 is 15.9 Å². The fourth-order valence-corrected chi connectivity index (χ4v) is 5.49. The third-order valence-electron chi connectivity index (χ3n) is 6.30. The van der Waals surface area contributed by atoms with Gasteiger partial charge in [0.1, 0.15) is 11.5 Å². The van der Waals surface area contributed by atoms with Gasteiger partial charge in [-0.25, -0.2) is 0 Å². The molecule has 2 atom stereocenters. The number of carbonyl (C=O) groups is 1. The van der Waals surface area contributed by atoms with Crippen molar-refractivity contribution in [2.75, 3.05) is 0 Å². The standard InChI is InChI=1S/C22H21F3O4S/c23-22(24,25)30(27,28)29-19-9-10-20-15(13-19)5-4-8-17-14-18(26)11-12-21(17,20)16-6-2-1-3-7-16/h1-3,6-7,9-10,13,17H,4-5,8,11-12,14H2/t17-,21?/m0/s1. The Balaban J connectivity index is 1.83. The first-order chi connectivity index (χ1) is 14.1. The molecule has 1 saturated carbocycles. The van der Waals surface area contributed by atoms with Crippen molar-refractivity contribution < 1.29 is 30.6 Å². The van der Waals surface area contributed by atoms with Gasteiger partial charge in [-0.05, 0) is 60.4 Å². The van der Waals surface area contributed by atoms with Gasteiger partial charge in [0.15, 0.2) is 0 Å². The number of carbonyl (C=O) groups excluding carboxylic acids is 1. The minimum Gasteiger partial charge on any atom is -0.376 e. The van der Waals surface area contributed by atoms with Crippen molar-refractivity contribution in [3.05, 3.63) is 65.2 Å². The fourth-order valence-electron chi connectivity index (χ4n) is 5.04. The Hall–Kier alpha value is -2.35. The molecule has 0 N–H and O–H groups in total. The van der Waals surface area contributed by atoms with E-state index in [9.17, 15) is 26.4 Å². The summed E-state index contributed by atoms with van der Waals surface area (Å²) in [5.41, 5.74) is -3.13. The van der Waals surface area contributed by atoms with Crippen molar-refractivity contribution in [3.8, 4) is 5.75 Å². The van der Waals surface area contributed by atoms with E-state index in [1.54, 1.807) is 6.07 Å². The molecular weight excluding hydrogens is 417 g/mol. The molecule has 0 heterocycles. The first-order valence-electron chi connectivity index (χ1n) is 9.85. The summed E-state index contributed by atoms with van der Waals surface area (Å²) in [6, 6.07) is 14.2. The second-order valence-corrected chi connectivity index (χ2v) is 9.51. The summed E-state index contributed by atoms with van der Waals surface area (Å²) in [4.78, 5) is 12.2. The number of Topliss-reactive ketones (excluding diaryl/α,β-unsaturated/α-hetero) is 1. The van der Waals surface area contributed by atoms with Crippen molar-refractivity contribution in [2.24, 2.45) is 5.92 Å². The molecule has 4 rings (SSSR count). The van der Waals surface area contributed by atoms with E-state index < -0.39 is 21.0 Å². The lowest BCUT2D eigenvalue weighted by Gasteiger charge is -2.45. The van der Waals surface area contributed by atoms with Crippen molar-refractivity contribution in [1.29, 1.82) is 0 Å². The molecule has 1 unspecified atom stereocenters. The second kappa shape index (κ2) is 7.41. The molecule has 0 aromatic heterocycles. The van der Waals surface area contributed by atoms with E-state index in [1.165, 1.54) is 12.1 Å². The van der Waals surface area contributed by atoms with E-state index in [2.05, 4.69) is 4.18 Å². The van der Waals surface area contributed by atoms with Gasteiger partial charge in [0.25, 0.3) is 0 Å². The Kier molecular flexibility index (Phi) is 5.16. The summed E-state index contributed by atoms with van der Waals surface area (Å²) in [5.74, 6) is -0.0288. The molecular formula is C22H21F3O4S. The Morgan fingerprint density at radius 3 is 2.47 bits per heavy atom. The molecule has 0 amide bonds. The maximum atomic E-state index is 12.7. The van der Waals surface area contributed by atoms with Gasteiger partial charge in [0, 0.05) is 18.3 Å². The summed E-state index contributed by atoms with van der Waals surface area (Å²) in [5, 5.41) is 0. The molecule has 2 aromatic rings. The van der Waals surface area contributed by atoms with Crippen LogP contribution in [0.5, 0.6) is 5.75 Å². The molecule has 0 saturated heterocycles. The van der Waals surface area contributed by atoms with Crippen LogP contribution in [0.1, 0.15) is 48.8 Å². The van der Waals surface area contributed by atoms with Crippen molar-refractivity contribution in [2.45, 2.75) is 49.4 Å². The minimum absolute atomic E-state index is 0.0908. The number of fused-ring (bicyclic) bond motifs is 3. The fraction of sp³-hybridized carbons (Fsp3) is 0.409. The molecule has 4 nitrogen and oxygen atoms in total. The van der Waals surface area contributed by atoms with Gasteiger partial charge >= 0.3 is 15.6 Å². The highest BCUT2D eigenvalue weighted by molar-refractivity contribution is 7.88. The summed E-state index contributed by atoms with van der Waals surface area (Å²) >= 11 is 0. The predicted octanol–water partition coefficient (Wildman–Crippen LogP) is 4.91. The average Bonchev–Trinajstić information content (AvgIpc) is 2.84. The van der Waals surface area contributed by atoms with E-state index >= 15 is 0 Å². The van der Waals surface area contributed by atoms with E-state index in [1.807, 2.05) is 30.3 Å². The highest BCUT2D eigenvalue weighted by Gasteiger charge is 2.50. The third-order valence-corrected chi connectivity index (χ3v) is 7.28. The zero-order valence-electron chi connectivity index (χ0n) is 16.1. The van der Waals surface area contributed by atoms with Crippen LogP contribution >= 0.6 is 0 Å². The molecule has 1 fully saturated rings. The van der Waals surface area contributed by atoms with Crippen LogP contribution in [0.4, 0.5) is 13.2 Å². The third kappa shape index (κ3) is 3.51. The SMILES string of the molecule is O=C1CCC2(c3ccccc3)c3ccc(OS(=O)(=O)C(F)(F)F)cc3CCC[C@H]2C1. The summed E-state index contributed by atoms with van der Waals surface area (Å²) in [6.07, 6.45) is 3.67. The molecule has 2 aliphatic rings. The first kappa shape index (κ1) is 20.9. The van der Waals surface area contributed by atoms with Crippen LogP contribution in [-0.4, -0.2) is 19.7 Å². The van der Waals surface area contributed by atoms with Crippen LogP contribution in [0, 0.1) is 5.92 Å². The predicted molar refractivity (Wildman–Crippen MR) is 105 cm³/mol.